The van der Waals surface area contributed by atoms with E-state index in [1.54, 1.807) is 28.6 Å². The maximum Gasteiger partial charge on any atom is 0.243 e. The first-order valence-electron chi connectivity index (χ1n) is 5.89. The van der Waals surface area contributed by atoms with E-state index in [1.165, 1.54) is 0 Å². The van der Waals surface area contributed by atoms with Crippen LogP contribution in [0.5, 0.6) is 0 Å². The molecule has 1 aromatic rings. The summed E-state index contributed by atoms with van der Waals surface area (Å²) in [5.74, 6) is 0. The molecule has 2 rings (SSSR count). The first kappa shape index (κ1) is 12.5. The molecule has 0 radical (unpaired) electrons. The van der Waals surface area contributed by atoms with Gasteiger partial charge in [0.1, 0.15) is 0 Å². The molecule has 0 spiro atoms. The lowest BCUT2D eigenvalue weighted by molar-refractivity contribution is 0.403. The number of nitrogens with one attached hydrogen (secondary N) is 1. The van der Waals surface area contributed by atoms with Gasteiger partial charge in [0.15, 0.2) is 0 Å². The second-order valence-corrected chi connectivity index (χ2v) is 6.32. The molecule has 1 saturated heterocycles. The fourth-order valence-electron chi connectivity index (χ4n) is 2.03. The summed E-state index contributed by atoms with van der Waals surface area (Å²) >= 11 is 0. The van der Waals surface area contributed by atoms with Crippen LogP contribution in [0.25, 0.3) is 0 Å². The van der Waals surface area contributed by atoms with Gasteiger partial charge in [0, 0.05) is 19.1 Å². The van der Waals surface area contributed by atoms with Crippen LogP contribution in [-0.4, -0.2) is 38.4 Å². The van der Waals surface area contributed by atoms with Crippen LogP contribution in [0.2, 0.25) is 0 Å². The maximum atomic E-state index is 12.4. The normalized spacial score (nSPS) is 23.2. The quantitative estimate of drug-likeness (QED) is 0.858. The average molecular weight is 254 g/mol. The number of hydrogen-bond acceptors (Lipinski definition) is 3. The SMILES string of the molecule is CC1CN(S(=O)(=O)c2ccccc2)CCCN1. The van der Waals surface area contributed by atoms with Crippen molar-refractivity contribution >= 4 is 10.0 Å². The molecule has 94 valence electrons. The van der Waals surface area contributed by atoms with Crippen LogP contribution in [0.15, 0.2) is 35.2 Å². The fourth-order valence-corrected chi connectivity index (χ4v) is 3.61. The summed E-state index contributed by atoms with van der Waals surface area (Å²) in [4.78, 5) is 0.383. The van der Waals surface area contributed by atoms with Crippen LogP contribution in [0.4, 0.5) is 0 Å². The van der Waals surface area contributed by atoms with Gasteiger partial charge in [0.05, 0.1) is 4.90 Å². The van der Waals surface area contributed by atoms with E-state index in [-0.39, 0.29) is 6.04 Å². The molecule has 0 aliphatic carbocycles. The highest BCUT2D eigenvalue weighted by Gasteiger charge is 2.26. The van der Waals surface area contributed by atoms with E-state index in [4.69, 9.17) is 0 Å². The number of hydrogen-bond donors (Lipinski definition) is 1. The molecular weight excluding hydrogens is 236 g/mol. The minimum Gasteiger partial charge on any atom is -0.313 e. The monoisotopic (exact) mass is 254 g/mol. The van der Waals surface area contributed by atoms with Crippen molar-refractivity contribution < 1.29 is 8.42 Å². The van der Waals surface area contributed by atoms with E-state index in [2.05, 4.69) is 5.32 Å². The van der Waals surface area contributed by atoms with Crippen molar-refractivity contribution in [3.8, 4) is 0 Å². The molecule has 1 unspecified atom stereocenters. The average Bonchev–Trinajstić information content (AvgIpc) is 2.55. The zero-order valence-corrected chi connectivity index (χ0v) is 10.8. The Bertz CT molecular complexity index is 459. The van der Waals surface area contributed by atoms with Crippen LogP contribution in [0.1, 0.15) is 13.3 Å². The lowest BCUT2D eigenvalue weighted by atomic mass is 10.3. The minimum atomic E-state index is -3.32. The molecule has 0 saturated carbocycles. The zero-order chi connectivity index (χ0) is 12.3. The summed E-state index contributed by atoms with van der Waals surface area (Å²) in [6.45, 7) is 4.02. The Kier molecular flexibility index (Phi) is 3.81. The molecular formula is C12H18N2O2S. The Labute approximate surface area is 103 Å². The van der Waals surface area contributed by atoms with Crippen LogP contribution >= 0.6 is 0 Å². The van der Waals surface area contributed by atoms with Crippen LogP contribution in [0, 0.1) is 0 Å². The molecule has 5 heteroatoms. The van der Waals surface area contributed by atoms with Gasteiger partial charge in [-0.05, 0) is 32.0 Å². The summed E-state index contributed by atoms with van der Waals surface area (Å²) in [7, 11) is -3.32. The lowest BCUT2D eigenvalue weighted by Gasteiger charge is -2.22. The van der Waals surface area contributed by atoms with Gasteiger partial charge in [-0.1, -0.05) is 18.2 Å². The van der Waals surface area contributed by atoms with Crippen molar-refractivity contribution in [2.24, 2.45) is 0 Å². The molecule has 1 aliphatic rings. The molecule has 1 N–H and O–H groups in total. The van der Waals surface area contributed by atoms with Crippen molar-refractivity contribution in [3.05, 3.63) is 30.3 Å². The Balaban J connectivity index is 2.26. The predicted octanol–water partition coefficient (Wildman–Crippen LogP) is 1.06. The lowest BCUT2D eigenvalue weighted by Crippen LogP contribution is -2.38. The molecule has 17 heavy (non-hydrogen) atoms. The smallest absolute Gasteiger partial charge is 0.243 e. The number of sulfonamides is 1. The summed E-state index contributed by atoms with van der Waals surface area (Å²) in [5, 5.41) is 3.29. The predicted molar refractivity (Wildman–Crippen MR) is 67.3 cm³/mol. The van der Waals surface area contributed by atoms with Crippen molar-refractivity contribution in [3.63, 3.8) is 0 Å². The maximum absolute atomic E-state index is 12.4. The molecule has 0 bridgehead atoms. The van der Waals surface area contributed by atoms with Gasteiger partial charge in [0.25, 0.3) is 0 Å². The van der Waals surface area contributed by atoms with Crippen molar-refractivity contribution in [1.29, 1.82) is 0 Å². The first-order chi connectivity index (χ1) is 8.10. The molecule has 1 fully saturated rings. The van der Waals surface area contributed by atoms with Gasteiger partial charge in [-0.25, -0.2) is 8.42 Å². The number of nitrogens with zero attached hydrogens (tertiary/aromatic N) is 1. The summed E-state index contributed by atoms with van der Waals surface area (Å²) in [6, 6.07) is 8.84. The van der Waals surface area contributed by atoms with Gasteiger partial charge in [-0.2, -0.15) is 4.31 Å². The summed E-state index contributed by atoms with van der Waals surface area (Å²) < 4.78 is 26.3. The second-order valence-electron chi connectivity index (χ2n) is 4.38. The van der Waals surface area contributed by atoms with Crippen molar-refractivity contribution in [1.82, 2.24) is 9.62 Å². The Morgan fingerprint density at radius 2 is 2.00 bits per heavy atom. The highest BCUT2D eigenvalue weighted by molar-refractivity contribution is 7.89. The highest BCUT2D eigenvalue weighted by Crippen LogP contribution is 2.16. The van der Waals surface area contributed by atoms with E-state index in [0.29, 0.717) is 18.0 Å². The third kappa shape index (κ3) is 2.86. The molecule has 4 nitrogen and oxygen atoms in total. The molecule has 1 heterocycles. The number of benzene rings is 1. The van der Waals surface area contributed by atoms with E-state index in [0.717, 1.165) is 13.0 Å². The highest BCUT2D eigenvalue weighted by atomic mass is 32.2. The van der Waals surface area contributed by atoms with Gasteiger partial charge < -0.3 is 5.32 Å². The molecule has 1 aliphatic heterocycles. The van der Waals surface area contributed by atoms with Crippen LogP contribution in [0.3, 0.4) is 0 Å². The molecule has 0 amide bonds. The zero-order valence-electron chi connectivity index (χ0n) is 9.96. The van der Waals surface area contributed by atoms with E-state index in [9.17, 15) is 8.42 Å². The summed E-state index contributed by atoms with van der Waals surface area (Å²) in [5.41, 5.74) is 0. The minimum absolute atomic E-state index is 0.205. The first-order valence-corrected chi connectivity index (χ1v) is 7.33. The van der Waals surface area contributed by atoms with Gasteiger partial charge in [-0.3, -0.25) is 0 Å². The summed E-state index contributed by atoms with van der Waals surface area (Å²) in [6.07, 6.45) is 0.858. The van der Waals surface area contributed by atoms with Crippen LogP contribution < -0.4 is 5.32 Å². The largest absolute Gasteiger partial charge is 0.313 e. The number of rotatable bonds is 2. The third-order valence-corrected chi connectivity index (χ3v) is 4.81. The van der Waals surface area contributed by atoms with E-state index < -0.39 is 10.0 Å². The molecule has 1 atom stereocenters. The third-order valence-electron chi connectivity index (χ3n) is 2.94. The molecule has 0 aromatic heterocycles. The van der Waals surface area contributed by atoms with Crippen LogP contribution in [-0.2, 0) is 10.0 Å². The Morgan fingerprint density at radius 3 is 2.71 bits per heavy atom. The van der Waals surface area contributed by atoms with E-state index in [1.807, 2.05) is 13.0 Å². The topological polar surface area (TPSA) is 49.4 Å². The van der Waals surface area contributed by atoms with Crippen molar-refractivity contribution in [2.75, 3.05) is 19.6 Å². The second kappa shape index (κ2) is 5.16. The molecule has 1 aromatic carbocycles. The Morgan fingerprint density at radius 1 is 1.29 bits per heavy atom. The van der Waals surface area contributed by atoms with Crippen molar-refractivity contribution in [2.45, 2.75) is 24.3 Å². The van der Waals surface area contributed by atoms with Gasteiger partial charge in [-0.15, -0.1) is 0 Å². The van der Waals surface area contributed by atoms with E-state index >= 15 is 0 Å². The standard InChI is InChI=1S/C12H18N2O2S/c1-11-10-14(9-5-8-13-11)17(15,16)12-6-3-2-4-7-12/h2-4,6-7,11,13H,5,8-10H2,1H3. The van der Waals surface area contributed by atoms with Gasteiger partial charge >= 0.3 is 0 Å². The Hall–Kier alpha value is -0.910. The van der Waals surface area contributed by atoms with Gasteiger partial charge in [0.2, 0.25) is 10.0 Å². The fraction of sp³-hybridized carbons (Fsp3) is 0.500.